The number of nitrogens with one attached hydrogen (secondary N) is 2. The van der Waals surface area contributed by atoms with Gasteiger partial charge in [-0.15, -0.1) is 10.1 Å². The van der Waals surface area contributed by atoms with E-state index in [1.54, 1.807) is 0 Å². The summed E-state index contributed by atoms with van der Waals surface area (Å²) in [6.45, 7) is 1.55. The predicted octanol–water partition coefficient (Wildman–Crippen LogP) is -0.641. The van der Waals surface area contributed by atoms with Crippen molar-refractivity contribution in [3.05, 3.63) is 10.1 Å². The molecule has 1 heterocycles. The minimum atomic E-state index is -0.943. The van der Waals surface area contributed by atoms with Gasteiger partial charge in [0.25, 0.3) is 5.09 Å². The molecule has 0 bridgehead atoms. The maximum Gasteiger partial charge on any atom is 0.294 e. The van der Waals surface area contributed by atoms with Gasteiger partial charge in [-0.2, -0.15) is 0 Å². The van der Waals surface area contributed by atoms with Gasteiger partial charge < -0.3 is 24.9 Å². The van der Waals surface area contributed by atoms with Crippen LogP contribution in [0.1, 0.15) is 26.2 Å². The molecule has 1 aliphatic heterocycles. The third-order valence-corrected chi connectivity index (χ3v) is 2.88. The van der Waals surface area contributed by atoms with Crippen LogP contribution in [0.2, 0.25) is 0 Å². The van der Waals surface area contributed by atoms with Crippen molar-refractivity contribution in [3.63, 3.8) is 0 Å². The van der Waals surface area contributed by atoms with E-state index in [4.69, 9.17) is 9.47 Å². The summed E-state index contributed by atoms with van der Waals surface area (Å²) in [6.07, 6.45) is 2.33. The summed E-state index contributed by atoms with van der Waals surface area (Å²) in [7, 11) is 0. The molecule has 10 heteroatoms. The van der Waals surface area contributed by atoms with Crippen LogP contribution in [-0.2, 0) is 23.9 Å². The number of hydrogen-bond acceptors (Lipinski definition) is 7. The van der Waals surface area contributed by atoms with Crippen LogP contribution in [-0.4, -0.2) is 55.6 Å². The van der Waals surface area contributed by atoms with E-state index in [0.717, 1.165) is 19.3 Å². The minimum Gasteiger partial charge on any atom is -0.353 e. The van der Waals surface area contributed by atoms with Gasteiger partial charge in [-0.1, -0.05) is 0 Å². The van der Waals surface area contributed by atoms with Gasteiger partial charge in [0, 0.05) is 20.1 Å². The molecule has 126 valence electrons. The predicted molar refractivity (Wildman–Crippen MR) is 73.1 cm³/mol. The first kappa shape index (κ1) is 18.1. The van der Waals surface area contributed by atoms with E-state index < -0.39 is 17.0 Å². The van der Waals surface area contributed by atoms with Crippen LogP contribution in [0, 0.1) is 10.1 Å². The summed E-state index contributed by atoms with van der Waals surface area (Å²) in [5.41, 5.74) is 0. The molecule has 0 aliphatic carbocycles. The van der Waals surface area contributed by atoms with E-state index in [2.05, 4.69) is 15.5 Å². The van der Waals surface area contributed by atoms with Gasteiger partial charge >= 0.3 is 0 Å². The highest BCUT2D eigenvalue weighted by atomic mass is 16.9. The summed E-state index contributed by atoms with van der Waals surface area (Å²) < 4.78 is 10.9. The number of nitrogens with zero attached hydrogens (tertiary/aromatic N) is 1. The molecule has 2 amide bonds. The third kappa shape index (κ3) is 7.74. The van der Waals surface area contributed by atoms with E-state index >= 15 is 0 Å². The largest absolute Gasteiger partial charge is 0.353 e. The van der Waals surface area contributed by atoms with Crippen molar-refractivity contribution in [3.8, 4) is 0 Å². The normalized spacial score (nSPS) is 19.0. The number of carbonyl (C=O) groups excluding carboxylic acids is 2. The molecule has 0 aromatic rings. The van der Waals surface area contributed by atoms with E-state index in [0.29, 0.717) is 6.61 Å². The van der Waals surface area contributed by atoms with Crippen molar-refractivity contribution in [2.75, 3.05) is 26.4 Å². The Kier molecular flexibility index (Phi) is 8.15. The second-order valence-electron chi connectivity index (χ2n) is 4.73. The second-order valence-corrected chi connectivity index (χ2v) is 4.73. The number of amides is 2. The lowest BCUT2D eigenvalue weighted by molar-refractivity contribution is -0.757. The molecule has 10 nitrogen and oxygen atoms in total. The topological polar surface area (TPSA) is 129 Å². The van der Waals surface area contributed by atoms with Gasteiger partial charge in [0.1, 0.15) is 12.6 Å². The Hall–Kier alpha value is -1.94. The molecule has 1 rings (SSSR count). The molecule has 0 radical (unpaired) electrons. The van der Waals surface area contributed by atoms with Crippen molar-refractivity contribution in [2.24, 2.45) is 0 Å². The Morgan fingerprint density at radius 2 is 2.23 bits per heavy atom. The molecule has 0 saturated carbocycles. The summed E-state index contributed by atoms with van der Waals surface area (Å²) >= 11 is 0. The average Bonchev–Trinajstić information content (AvgIpc) is 2.48. The maximum atomic E-state index is 11.9. The van der Waals surface area contributed by atoms with Gasteiger partial charge in [0.05, 0.1) is 6.61 Å². The molecule has 1 saturated heterocycles. The van der Waals surface area contributed by atoms with Crippen molar-refractivity contribution >= 4 is 11.8 Å². The fourth-order valence-electron chi connectivity index (χ4n) is 1.89. The summed E-state index contributed by atoms with van der Waals surface area (Å²) in [6, 6.07) is -0.890. The molecule has 2 N–H and O–H groups in total. The lowest BCUT2D eigenvalue weighted by Gasteiger charge is -2.25. The first-order valence-corrected chi connectivity index (χ1v) is 7.04. The van der Waals surface area contributed by atoms with Gasteiger partial charge in [0.2, 0.25) is 11.8 Å². The van der Waals surface area contributed by atoms with Crippen LogP contribution in [0.4, 0.5) is 0 Å². The fourth-order valence-corrected chi connectivity index (χ4v) is 1.89. The zero-order chi connectivity index (χ0) is 16.4. The average molecular weight is 319 g/mol. The summed E-state index contributed by atoms with van der Waals surface area (Å²) in [4.78, 5) is 37.1. The standard InChI is InChI=1S/C12H21N3O7/c1-9(16)14-10(8-21-11-4-2-3-6-20-11)12(17)13-5-7-22-15(18)19/h10-11H,2-8H2,1H3,(H,13,17)(H,14,16)/t10-,11?/m1/s1. The van der Waals surface area contributed by atoms with Crippen LogP contribution < -0.4 is 10.6 Å². The Morgan fingerprint density at radius 3 is 2.82 bits per heavy atom. The molecule has 1 aliphatic rings. The van der Waals surface area contributed by atoms with E-state index in [1.165, 1.54) is 6.92 Å². The van der Waals surface area contributed by atoms with Crippen molar-refractivity contribution < 1.29 is 29.0 Å². The summed E-state index contributed by atoms with van der Waals surface area (Å²) in [5.74, 6) is -0.882. The zero-order valence-corrected chi connectivity index (χ0v) is 12.4. The SMILES string of the molecule is CC(=O)N[C@H](COC1CCCCO1)C(=O)NCCO[N+](=O)[O-]. The van der Waals surface area contributed by atoms with Crippen molar-refractivity contribution in [2.45, 2.75) is 38.5 Å². The molecule has 1 unspecified atom stereocenters. The van der Waals surface area contributed by atoms with Gasteiger partial charge in [-0.3, -0.25) is 9.59 Å². The highest BCUT2D eigenvalue weighted by Gasteiger charge is 2.22. The van der Waals surface area contributed by atoms with Crippen molar-refractivity contribution in [1.82, 2.24) is 10.6 Å². The van der Waals surface area contributed by atoms with Crippen LogP contribution >= 0.6 is 0 Å². The molecular formula is C12H21N3O7. The first-order valence-electron chi connectivity index (χ1n) is 7.04. The van der Waals surface area contributed by atoms with Gasteiger partial charge in [-0.25, -0.2) is 0 Å². The third-order valence-electron chi connectivity index (χ3n) is 2.88. The number of ether oxygens (including phenoxy) is 2. The number of hydrogen-bond donors (Lipinski definition) is 2. The van der Waals surface area contributed by atoms with E-state index in [9.17, 15) is 19.7 Å². The number of carbonyl (C=O) groups is 2. The highest BCUT2D eigenvalue weighted by molar-refractivity contribution is 5.86. The highest BCUT2D eigenvalue weighted by Crippen LogP contribution is 2.13. The quantitative estimate of drug-likeness (QED) is 0.328. The Labute approximate surface area is 127 Å². The Balaban J connectivity index is 2.35. The molecule has 1 fully saturated rings. The van der Waals surface area contributed by atoms with Crippen LogP contribution in [0.25, 0.3) is 0 Å². The fraction of sp³-hybridized carbons (Fsp3) is 0.833. The molecule has 22 heavy (non-hydrogen) atoms. The van der Waals surface area contributed by atoms with Gasteiger partial charge in [0.15, 0.2) is 6.29 Å². The van der Waals surface area contributed by atoms with Crippen LogP contribution in [0.5, 0.6) is 0 Å². The molecule has 0 spiro atoms. The lowest BCUT2D eigenvalue weighted by atomic mass is 10.2. The molecular weight excluding hydrogens is 298 g/mol. The van der Waals surface area contributed by atoms with Crippen LogP contribution in [0.15, 0.2) is 0 Å². The molecule has 0 aromatic carbocycles. The summed E-state index contributed by atoms with van der Waals surface area (Å²) in [5, 5.41) is 13.9. The lowest BCUT2D eigenvalue weighted by Crippen LogP contribution is -2.50. The molecule has 0 aromatic heterocycles. The first-order chi connectivity index (χ1) is 10.5. The smallest absolute Gasteiger partial charge is 0.294 e. The Morgan fingerprint density at radius 1 is 1.45 bits per heavy atom. The maximum absolute atomic E-state index is 11.9. The minimum absolute atomic E-state index is 0.0355. The molecule has 2 atom stereocenters. The van der Waals surface area contributed by atoms with E-state index in [1.807, 2.05) is 0 Å². The number of rotatable bonds is 9. The zero-order valence-electron chi connectivity index (χ0n) is 12.4. The van der Waals surface area contributed by atoms with Gasteiger partial charge in [-0.05, 0) is 19.3 Å². The second kappa shape index (κ2) is 9.90. The van der Waals surface area contributed by atoms with Crippen molar-refractivity contribution in [1.29, 1.82) is 0 Å². The monoisotopic (exact) mass is 319 g/mol. The van der Waals surface area contributed by atoms with Crippen LogP contribution in [0.3, 0.4) is 0 Å². The Bertz CT molecular complexity index is 385. The van der Waals surface area contributed by atoms with E-state index in [-0.39, 0.29) is 32.0 Å².